The summed E-state index contributed by atoms with van der Waals surface area (Å²) < 4.78 is 60.9. The zero-order chi connectivity index (χ0) is 34.8. The molecular formula is C34H45F3N4O7. The summed E-state index contributed by atoms with van der Waals surface area (Å²) in [4.78, 5) is 44.9. The lowest BCUT2D eigenvalue weighted by atomic mass is 9.94. The largest absolute Gasteiger partial charge is 0.493 e. The number of nitrogens with zero attached hydrogens (tertiary/aromatic N) is 2. The number of carbonyl (C=O) groups excluding carboxylic acids is 3. The van der Waals surface area contributed by atoms with Crippen molar-refractivity contribution in [3.05, 3.63) is 47.8 Å². The lowest BCUT2D eigenvalue weighted by Gasteiger charge is -2.40. The third-order valence-corrected chi connectivity index (χ3v) is 8.58. The van der Waals surface area contributed by atoms with Gasteiger partial charge in [-0.15, -0.1) is 0 Å². The number of nitrogens with one attached hydrogen (secondary N) is 2. The Hall–Kier alpha value is -3.91. The highest BCUT2D eigenvalue weighted by atomic mass is 19.4. The van der Waals surface area contributed by atoms with Gasteiger partial charge in [-0.05, 0) is 75.6 Å². The van der Waals surface area contributed by atoms with Crippen LogP contribution in [0.1, 0.15) is 74.2 Å². The molecule has 0 unspecified atom stereocenters. The number of amides is 2. The summed E-state index contributed by atoms with van der Waals surface area (Å²) in [5, 5.41) is 6.56. The smallest absolute Gasteiger partial charge is 0.491 e. The highest BCUT2D eigenvalue weighted by Gasteiger charge is 2.43. The van der Waals surface area contributed by atoms with E-state index in [2.05, 4.69) is 15.6 Å². The molecule has 0 bridgehead atoms. The molecule has 2 fully saturated rings. The molecule has 2 N–H and O–H groups in total. The average Bonchev–Trinajstić information content (AvgIpc) is 3.89. The number of alkyl halides is 3. The number of methoxy groups -OCH3 is 2. The number of piperidine rings is 1. The number of halogens is 3. The minimum Gasteiger partial charge on any atom is -0.493 e. The topological polar surface area (TPSA) is 128 Å². The van der Waals surface area contributed by atoms with Crippen LogP contribution in [-0.2, 0) is 14.3 Å². The number of benzene rings is 1. The Bertz CT molecular complexity index is 1380. The van der Waals surface area contributed by atoms with Crippen molar-refractivity contribution in [3.8, 4) is 17.2 Å². The molecule has 1 aliphatic carbocycles. The molecule has 1 aromatic carbocycles. The maximum Gasteiger partial charge on any atom is 0.491 e. The predicted octanol–water partition coefficient (Wildman–Crippen LogP) is 4.64. The first-order chi connectivity index (χ1) is 23.0. The number of rotatable bonds is 16. The summed E-state index contributed by atoms with van der Waals surface area (Å²) >= 11 is 0. The molecule has 2 heterocycles. The van der Waals surface area contributed by atoms with Gasteiger partial charge in [0.05, 0.1) is 25.2 Å². The van der Waals surface area contributed by atoms with E-state index in [1.165, 1.54) is 26.4 Å². The van der Waals surface area contributed by atoms with E-state index in [9.17, 15) is 27.6 Å². The van der Waals surface area contributed by atoms with Gasteiger partial charge in [-0.1, -0.05) is 6.07 Å². The fraction of sp³-hybridized carbons (Fsp3) is 0.588. The first-order valence-electron chi connectivity index (χ1n) is 16.3. The first-order valence-corrected chi connectivity index (χ1v) is 16.3. The van der Waals surface area contributed by atoms with Crippen molar-refractivity contribution < 1.29 is 46.5 Å². The molecule has 0 radical (unpaired) electrons. The summed E-state index contributed by atoms with van der Waals surface area (Å²) in [5.41, 5.74) is 0.667. The summed E-state index contributed by atoms with van der Waals surface area (Å²) in [6.07, 6.45) is 2.57. The van der Waals surface area contributed by atoms with Crippen LogP contribution in [0.4, 0.5) is 13.2 Å². The SMILES string of the molecule is COCCCOc1c(OC)ccc(C(=O)N(C(C)C)[C@@H]2CC[C@H](CCNC(=O)[C@@H](c3cccnc3)C3CC3)NC2)c1OC(=O)C(F)(F)F. The summed E-state index contributed by atoms with van der Waals surface area (Å²) in [7, 11) is 2.78. The zero-order valence-corrected chi connectivity index (χ0v) is 27.8. The van der Waals surface area contributed by atoms with Crippen LogP contribution in [0.15, 0.2) is 36.7 Å². The molecule has 1 saturated carbocycles. The lowest BCUT2D eigenvalue weighted by molar-refractivity contribution is -0.189. The Kier molecular flexibility index (Phi) is 13.0. The van der Waals surface area contributed by atoms with Gasteiger partial charge in [-0.25, -0.2) is 4.79 Å². The molecule has 2 aromatic rings. The number of pyridine rings is 1. The number of esters is 1. The van der Waals surface area contributed by atoms with E-state index >= 15 is 0 Å². The Morgan fingerprint density at radius 3 is 2.42 bits per heavy atom. The van der Waals surface area contributed by atoms with Crippen LogP contribution in [0.2, 0.25) is 0 Å². The number of carbonyl (C=O) groups is 3. The van der Waals surface area contributed by atoms with Gasteiger partial charge in [0.1, 0.15) is 0 Å². The second kappa shape index (κ2) is 17.0. The first kappa shape index (κ1) is 36.9. The number of ether oxygens (including phenoxy) is 4. The Balaban J connectivity index is 1.44. The summed E-state index contributed by atoms with van der Waals surface area (Å²) in [5.74, 6) is -3.90. The molecule has 4 rings (SSSR count). The minimum atomic E-state index is -5.31. The van der Waals surface area contributed by atoms with Crippen LogP contribution in [0, 0.1) is 5.92 Å². The van der Waals surface area contributed by atoms with Crippen LogP contribution < -0.4 is 24.8 Å². The third-order valence-electron chi connectivity index (χ3n) is 8.58. The summed E-state index contributed by atoms with van der Waals surface area (Å²) in [6, 6.07) is 5.91. The van der Waals surface area contributed by atoms with Gasteiger partial charge in [0.2, 0.25) is 11.7 Å². The van der Waals surface area contributed by atoms with E-state index in [0.717, 1.165) is 18.4 Å². The number of hydrogen-bond donors (Lipinski definition) is 2. The monoisotopic (exact) mass is 678 g/mol. The van der Waals surface area contributed by atoms with Gasteiger partial charge in [0, 0.05) is 63.7 Å². The van der Waals surface area contributed by atoms with Crippen molar-refractivity contribution in [2.75, 3.05) is 40.5 Å². The number of hydrogen-bond acceptors (Lipinski definition) is 9. The maximum absolute atomic E-state index is 14.1. The molecule has 1 aliphatic heterocycles. The van der Waals surface area contributed by atoms with Gasteiger partial charge in [-0.3, -0.25) is 14.6 Å². The van der Waals surface area contributed by atoms with Crippen LogP contribution in [-0.4, -0.2) is 92.5 Å². The Morgan fingerprint density at radius 1 is 1.06 bits per heavy atom. The molecular weight excluding hydrogens is 633 g/mol. The molecule has 2 amide bonds. The highest BCUT2D eigenvalue weighted by Crippen LogP contribution is 2.43. The maximum atomic E-state index is 14.1. The fourth-order valence-corrected chi connectivity index (χ4v) is 6.09. The molecule has 3 atom stereocenters. The molecule has 1 saturated heterocycles. The van der Waals surface area contributed by atoms with E-state index in [4.69, 9.17) is 18.9 Å². The van der Waals surface area contributed by atoms with Gasteiger partial charge in [0.25, 0.3) is 5.91 Å². The molecule has 264 valence electrons. The second-order valence-electron chi connectivity index (χ2n) is 12.4. The van der Waals surface area contributed by atoms with Crippen molar-refractivity contribution in [1.82, 2.24) is 20.5 Å². The van der Waals surface area contributed by atoms with Gasteiger partial charge in [0.15, 0.2) is 11.5 Å². The van der Waals surface area contributed by atoms with Crippen molar-refractivity contribution in [3.63, 3.8) is 0 Å². The van der Waals surface area contributed by atoms with E-state index in [-0.39, 0.29) is 53.6 Å². The lowest BCUT2D eigenvalue weighted by Crippen LogP contribution is -2.54. The second-order valence-corrected chi connectivity index (χ2v) is 12.4. The van der Waals surface area contributed by atoms with Crippen LogP contribution in [0.25, 0.3) is 0 Å². The highest BCUT2D eigenvalue weighted by molar-refractivity contribution is 6.00. The van der Waals surface area contributed by atoms with Gasteiger partial charge in [-0.2, -0.15) is 13.2 Å². The number of aromatic nitrogens is 1. The third kappa shape index (κ3) is 9.59. The molecule has 48 heavy (non-hydrogen) atoms. The Morgan fingerprint density at radius 2 is 1.83 bits per heavy atom. The molecule has 11 nitrogen and oxygen atoms in total. The zero-order valence-electron chi connectivity index (χ0n) is 27.8. The van der Waals surface area contributed by atoms with Gasteiger partial charge < -0.3 is 34.5 Å². The Labute approximate surface area is 278 Å². The van der Waals surface area contributed by atoms with Crippen molar-refractivity contribution in [2.45, 2.75) is 82.6 Å². The van der Waals surface area contributed by atoms with Crippen molar-refractivity contribution in [2.24, 2.45) is 5.92 Å². The normalized spacial score (nSPS) is 18.6. The molecule has 0 spiro atoms. The van der Waals surface area contributed by atoms with Crippen LogP contribution in [0.3, 0.4) is 0 Å². The molecule has 14 heteroatoms. The van der Waals surface area contributed by atoms with E-state index in [1.807, 2.05) is 26.0 Å². The quantitative estimate of drug-likeness (QED) is 0.148. The molecule has 1 aromatic heterocycles. The molecule has 2 aliphatic rings. The van der Waals surface area contributed by atoms with E-state index in [1.54, 1.807) is 17.3 Å². The minimum absolute atomic E-state index is 0.000620. The fourth-order valence-electron chi connectivity index (χ4n) is 6.09. The summed E-state index contributed by atoms with van der Waals surface area (Å²) in [6.45, 7) is 4.86. The van der Waals surface area contributed by atoms with Gasteiger partial charge >= 0.3 is 12.1 Å². The average molecular weight is 679 g/mol. The van der Waals surface area contributed by atoms with Crippen LogP contribution in [0.5, 0.6) is 17.2 Å². The predicted molar refractivity (Wildman–Crippen MR) is 170 cm³/mol. The van der Waals surface area contributed by atoms with E-state index in [0.29, 0.717) is 51.3 Å². The van der Waals surface area contributed by atoms with Crippen LogP contribution >= 0.6 is 0 Å². The van der Waals surface area contributed by atoms with Crippen molar-refractivity contribution in [1.29, 1.82) is 0 Å². The van der Waals surface area contributed by atoms with E-state index < -0.39 is 23.8 Å². The van der Waals surface area contributed by atoms with Crippen molar-refractivity contribution >= 4 is 17.8 Å². The standard InChI is InChI=1S/C34H45F3N4O7/c1-21(2)41(25-11-10-24(40-20-25)14-16-39-31(42)28(22-8-9-22)23-7-5-15-38-19-23)32(43)26-12-13-27(46-4)30(47-18-6-17-45-3)29(26)48-33(44)34(35,36)37/h5,7,12-13,15,19,21-22,24-25,28,40H,6,8-11,14,16-18,20H2,1-4H3,(H,39,42)/t24-,25-,28-/m1/s1.